The summed E-state index contributed by atoms with van der Waals surface area (Å²) in [6.45, 7) is 6.66. The molecule has 138 valence electrons. The summed E-state index contributed by atoms with van der Waals surface area (Å²) in [7, 11) is 0. The molecule has 0 unspecified atom stereocenters. The average molecular weight is 365 g/mol. The summed E-state index contributed by atoms with van der Waals surface area (Å²) >= 11 is 1.67. The zero-order chi connectivity index (χ0) is 17.8. The molecule has 0 spiro atoms. The summed E-state index contributed by atoms with van der Waals surface area (Å²) in [5.41, 5.74) is 1.19. The Labute approximate surface area is 151 Å². The number of hydrogen-bond acceptors (Lipinski definition) is 6. The van der Waals surface area contributed by atoms with E-state index in [1.165, 1.54) is 16.9 Å². The van der Waals surface area contributed by atoms with Gasteiger partial charge in [-0.15, -0.1) is 11.3 Å². The van der Waals surface area contributed by atoms with Crippen LogP contribution in [0.25, 0.3) is 10.2 Å². The molecule has 0 radical (unpaired) electrons. The van der Waals surface area contributed by atoms with Crippen molar-refractivity contribution in [3.05, 3.63) is 26.6 Å². The van der Waals surface area contributed by atoms with Crippen molar-refractivity contribution in [2.45, 2.75) is 52.2 Å². The lowest BCUT2D eigenvalue weighted by atomic mass is 9.97. The number of thiophene rings is 1. The fourth-order valence-corrected chi connectivity index (χ4v) is 4.69. The first-order valence-electron chi connectivity index (χ1n) is 9.14. The Morgan fingerprint density at radius 2 is 2.16 bits per heavy atom. The molecule has 0 aliphatic heterocycles. The van der Waals surface area contributed by atoms with Crippen LogP contribution in [0.2, 0.25) is 0 Å². The van der Waals surface area contributed by atoms with Crippen LogP contribution in [-0.2, 0) is 24.1 Å². The summed E-state index contributed by atoms with van der Waals surface area (Å²) < 4.78 is 5.27. The van der Waals surface area contributed by atoms with Gasteiger partial charge in [-0.05, 0) is 44.7 Å². The van der Waals surface area contributed by atoms with E-state index in [0.717, 1.165) is 36.0 Å². The van der Waals surface area contributed by atoms with Crippen LogP contribution in [0.1, 0.15) is 43.0 Å². The number of nitrogens with zero attached hydrogens (tertiary/aromatic N) is 2. The van der Waals surface area contributed by atoms with E-state index in [-0.39, 0.29) is 5.56 Å². The summed E-state index contributed by atoms with van der Waals surface area (Å²) in [5.74, 6) is 0.668. The van der Waals surface area contributed by atoms with Gasteiger partial charge >= 0.3 is 0 Å². The van der Waals surface area contributed by atoms with Crippen molar-refractivity contribution < 1.29 is 9.84 Å². The lowest BCUT2D eigenvalue weighted by Gasteiger charge is -2.22. The molecule has 2 aromatic rings. The van der Waals surface area contributed by atoms with E-state index in [2.05, 4.69) is 9.88 Å². The lowest BCUT2D eigenvalue weighted by molar-refractivity contribution is 0.0202. The highest BCUT2D eigenvalue weighted by Crippen LogP contribution is 2.33. The van der Waals surface area contributed by atoms with Gasteiger partial charge in [-0.1, -0.05) is 6.92 Å². The second kappa shape index (κ2) is 8.40. The highest BCUT2D eigenvalue weighted by Gasteiger charge is 2.20. The number of aliphatic hydroxyl groups excluding tert-OH is 1. The molecule has 0 fully saturated rings. The van der Waals surface area contributed by atoms with Crippen molar-refractivity contribution >= 4 is 21.6 Å². The van der Waals surface area contributed by atoms with Crippen molar-refractivity contribution in [2.24, 2.45) is 0 Å². The minimum atomic E-state index is -0.538. The van der Waals surface area contributed by atoms with Crippen LogP contribution in [0.15, 0.2) is 4.79 Å². The minimum Gasteiger partial charge on any atom is -0.389 e. The van der Waals surface area contributed by atoms with Gasteiger partial charge in [0.25, 0.3) is 5.56 Å². The van der Waals surface area contributed by atoms with Crippen LogP contribution in [0.5, 0.6) is 0 Å². The first-order valence-corrected chi connectivity index (χ1v) is 9.95. The predicted molar refractivity (Wildman–Crippen MR) is 100 cm³/mol. The summed E-state index contributed by atoms with van der Waals surface area (Å²) in [6.07, 6.45) is 3.87. The maximum atomic E-state index is 12.6. The third kappa shape index (κ3) is 4.28. The smallest absolute Gasteiger partial charge is 0.259 e. The molecule has 2 N–H and O–H groups in total. The third-order valence-corrected chi connectivity index (χ3v) is 5.86. The van der Waals surface area contributed by atoms with Gasteiger partial charge in [0, 0.05) is 18.0 Å². The fraction of sp³-hybridized carbons (Fsp3) is 0.667. The van der Waals surface area contributed by atoms with E-state index < -0.39 is 6.10 Å². The molecule has 25 heavy (non-hydrogen) atoms. The number of likely N-dealkylation sites (N-methyl/N-ethyl adjacent to an activating group) is 1. The molecule has 6 nitrogen and oxygen atoms in total. The molecule has 3 rings (SSSR count). The molecule has 0 saturated carbocycles. The quantitative estimate of drug-likeness (QED) is 0.749. The SMILES string of the molecule is CCOC[C@H](O)CN(CC)Cc1nc2sc3c(c2c(=O)[nH]1)CCCC3. The Morgan fingerprint density at radius 3 is 2.92 bits per heavy atom. The van der Waals surface area contributed by atoms with Crippen molar-refractivity contribution in [2.75, 3.05) is 26.3 Å². The lowest BCUT2D eigenvalue weighted by Crippen LogP contribution is -2.35. The van der Waals surface area contributed by atoms with E-state index in [1.54, 1.807) is 11.3 Å². The Morgan fingerprint density at radius 1 is 1.36 bits per heavy atom. The molecule has 0 aromatic carbocycles. The Kier molecular flexibility index (Phi) is 6.22. The van der Waals surface area contributed by atoms with E-state index in [4.69, 9.17) is 9.72 Å². The number of aromatic nitrogens is 2. The number of fused-ring (bicyclic) bond motifs is 3. The van der Waals surface area contributed by atoms with Crippen LogP contribution >= 0.6 is 11.3 Å². The molecular weight excluding hydrogens is 338 g/mol. The molecule has 0 amide bonds. The molecule has 1 atom stereocenters. The van der Waals surface area contributed by atoms with Gasteiger partial charge in [0.15, 0.2) is 0 Å². The summed E-state index contributed by atoms with van der Waals surface area (Å²) in [5, 5.41) is 10.8. The first-order chi connectivity index (χ1) is 12.1. The second-order valence-corrected chi connectivity index (χ2v) is 7.63. The van der Waals surface area contributed by atoms with Crippen LogP contribution in [0.3, 0.4) is 0 Å². The molecule has 7 heteroatoms. The van der Waals surface area contributed by atoms with Gasteiger partial charge < -0.3 is 14.8 Å². The number of aliphatic hydroxyl groups is 1. The van der Waals surface area contributed by atoms with Gasteiger partial charge in [0.2, 0.25) is 0 Å². The van der Waals surface area contributed by atoms with E-state index >= 15 is 0 Å². The molecule has 2 heterocycles. The van der Waals surface area contributed by atoms with Crippen molar-refractivity contribution in [1.29, 1.82) is 0 Å². The number of ether oxygens (including phenoxy) is 1. The van der Waals surface area contributed by atoms with Crippen LogP contribution in [-0.4, -0.2) is 52.4 Å². The Bertz CT molecular complexity index is 771. The largest absolute Gasteiger partial charge is 0.389 e. The molecule has 0 saturated heterocycles. The van der Waals surface area contributed by atoms with Gasteiger partial charge in [0.05, 0.1) is 24.6 Å². The van der Waals surface area contributed by atoms with Crippen molar-refractivity contribution in [1.82, 2.24) is 14.9 Å². The number of aryl methyl sites for hydroxylation is 2. The Hall–Kier alpha value is -1.28. The minimum absolute atomic E-state index is 0.0229. The number of rotatable bonds is 8. The number of hydrogen-bond donors (Lipinski definition) is 2. The first kappa shape index (κ1) is 18.5. The fourth-order valence-electron chi connectivity index (χ4n) is 3.41. The Balaban J connectivity index is 1.78. The standard InChI is InChI=1S/C18H27N3O3S/c1-3-21(9-12(22)11-24-4-2)10-15-19-17(23)16-13-7-5-6-8-14(13)25-18(16)20-15/h12,22H,3-11H2,1-2H3,(H,19,20,23)/t12-/m1/s1. The van der Waals surface area contributed by atoms with Gasteiger partial charge in [-0.2, -0.15) is 0 Å². The highest BCUT2D eigenvalue weighted by molar-refractivity contribution is 7.18. The van der Waals surface area contributed by atoms with Crippen LogP contribution < -0.4 is 5.56 Å². The second-order valence-electron chi connectivity index (χ2n) is 6.54. The van der Waals surface area contributed by atoms with Crippen LogP contribution in [0, 0.1) is 0 Å². The number of nitrogens with one attached hydrogen (secondary N) is 1. The van der Waals surface area contributed by atoms with Crippen LogP contribution in [0.4, 0.5) is 0 Å². The van der Waals surface area contributed by atoms with Crippen molar-refractivity contribution in [3.63, 3.8) is 0 Å². The van der Waals surface area contributed by atoms with Gasteiger partial charge in [0.1, 0.15) is 10.7 Å². The van der Waals surface area contributed by atoms with Gasteiger partial charge in [-0.3, -0.25) is 9.69 Å². The summed E-state index contributed by atoms with van der Waals surface area (Å²) in [4.78, 5) is 24.5. The monoisotopic (exact) mass is 365 g/mol. The zero-order valence-electron chi connectivity index (χ0n) is 15.0. The predicted octanol–water partition coefficient (Wildman–Crippen LogP) is 2.08. The molecule has 1 aliphatic rings. The molecule has 0 bridgehead atoms. The number of aromatic amines is 1. The topological polar surface area (TPSA) is 78.5 Å². The molecule has 2 aromatic heterocycles. The van der Waals surface area contributed by atoms with E-state index in [0.29, 0.717) is 32.1 Å². The molecule has 1 aliphatic carbocycles. The maximum Gasteiger partial charge on any atom is 0.259 e. The highest BCUT2D eigenvalue weighted by atomic mass is 32.1. The van der Waals surface area contributed by atoms with E-state index in [1.807, 2.05) is 13.8 Å². The average Bonchev–Trinajstić information content (AvgIpc) is 2.98. The number of H-pyrrole nitrogens is 1. The normalized spacial score (nSPS) is 15.7. The summed E-state index contributed by atoms with van der Waals surface area (Å²) in [6, 6.07) is 0. The third-order valence-electron chi connectivity index (χ3n) is 4.68. The van der Waals surface area contributed by atoms with E-state index in [9.17, 15) is 9.90 Å². The zero-order valence-corrected chi connectivity index (χ0v) is 15.8. The molecular formula is C18H27N3O3S. The van der Waals surface area contributed by atoms with Crippen molar-refractivity contribution in [3.8, 4) is 0 Å². The van der Waals surface area contributed by atoms with Gasteiger partial charge in [-0.25, -0.2) is 4.98 Å². The maximum absolute atomic E-state index is 12.6.